The van der Waals surface area contributed by atoms with E-state index in [2.05, 4.69) is 20.3 Å². The average molecular weight is 501 g/mol. The van der Waals surface area contributed by atoms with Crippen molar-refractivity contribution in [1.82, 2.24) is 29.5 Å². The Hall–Kier alpha value is -4.12. The van der Waals surface area contributed by atoms with Crippen molar-refractivity contribution in [2.75, 3.05) is 7.11 Å². The van der Waals surface area contributed by atoms with E-state index < -0.39 is 17.4 Å². The van der Waals surface area contributed by atoms with E-state index in [1.807, 2.05) is 19.1 Å². The van der Waals surface area contributed by atoms with Crippen LogP contribution in [-0.4, -0.2) is 36.6 Å². The van der Waals surface area contributed by atoms with Gasteiger partial charge in [-0.05, 0) is 37.3 Å². The number of hydrogen-bond acceptors (Lipinski definition) is 5. The topological polar surface area (TPSA) is 90.6 Å². The third-order valence-corrected chi connectivity index (χ3v) is 5.73. The Morgan fingerprint density at radius 1 is 1.09 bits per heavy atom. The molecular weight excluding hydrogens is 485 g/mol. The molecule has 1 aromatic carbocycles. The smallest absolute Gasteiger partial charge is 0.436 e. The predicted molar refractivity (Wildman–Crippen MR) is 123 cm³/mol. The maximum absolute atomic E-state index is 13.2. The van der Waals surface area contributed by atoms with Crippen molar-refractivity contribution in [2.24, 2.45) is 0 Å². The van der Waals surface area contributed by atoms with Gasteiger partial charge in [-0.15, -0.1) is 5.10 Å². The number of aromatic amines is 1. The third-order valence-electron chi connectivity index (χ3n) is 5.49. The van der Waals surface area contributed by atoms with Gasteiger partial charge in [0, 0.05) is 33.8 Å². The van der Waals surface area contributed by atoms with Crippen LogP contribution in [0.25, 0.3) is 33.5 Å². The molecule has 0 unspecified atom stereocenters. The summed E-state index contributed by atoms with van der Waals surface area (Å²) in [6.45, 7) is 1.85. The first-order chi connectivity index (χ1) is 16.7. The van der Waals surface area contributed by atoms with Gasteiger partial charge in [0.15, 0.2) is 5.69 Å². The fraction of sp³-hybridized carbons (Fsp3) is 0.130. The molecule has 5 rings (SSSR count). The number of nitrogens with zero attached hydrogens (tertiary/aromatic N) is 5. The lowest BCUT2D eigenvalue weighted by molar-refractivity contribution is -0.141. The predicted octanol–water partition coefficient (Wildman–Crippen LogP) is 4.95. The standard InChI is InChI=1S/C23H16ClF3N6O2/c1-12-22-13(5-6-28-12)7-20(29-22)32-10-18(35-2)16(9-21(32)34)15-8-14(24)3-4-17(15)33-11-19(30-31-33)23(25,26)27/h3-11,29H,1-2H3. The van der Waals surface area contributed by atoms with Crippen LogP contribution in [0.15, 0.2) is 59.8 Å². The minimum atomic E-state index is -4.66. The number of nitrogens with one attached hydrogen (secondary N) is 1. The molecule has 0 aliphatic rings. The molecule has 12 heteroatoms. The molecule has 0 aliphatic carbocycles. The molecule has 1 N–H and O–H groups in total. The Morgan fingerprint density at radius 3 is 2.57 bits per heavy atom. The van der Waals surface area contributed by atoms with Crippen LogP contribution in [0.3, 0.4) is 0 Å². The monoisotopic (exact) mass is 500 g/mol. The second-order valence-corrected chi connectivity index (χ2v) is 8.12. The number of rotatable bonds is 4. The lowest BCUT2D eigenvalue weighted by Gasteiger charge is -2.15. The third kappa shape index (κ3) is 4.03. The SMILES string of the molecule is COc1cn(-c2cc3ccnc(C)c3[nH]2)c(=O)cc1-c1cc(Cl)ccc1-n1cc(C(F)(F)F)nn1. The largest absolute Gasteiger partial charge is 0.495 e. The number of hydrogen-bond donors (Lipinski definition) is 1. The summed E-state index contributed by atoms with van der Waals surface area (Å²) in [4.78, 5) is 20.6. The fourth-order valence-electron chi connectivity index (χ4n) is 3.82. The number of pyridine rings is 2. The van der Waals surface area contributed by atoms with E-state index >= 15 is 0 Å². The highest BCUT2D eigenvalue weighted by Crippen LogP contribution is 2.36. The maximum atomic E-state index is 13.2. The van der Waals surface area contributed by atoms with Crippen LogP contribution < -0.4 is 10.3 Å². The number of methoxy groups -OCH3 is 1. The molecule has 35 heavy (non-hydrogen) atoms. The van der Waals surface area contributed by atoms with E-state index in [0.29, 0.717) is 22.0 Å². The van der Waals surface area contributed by atoms with Crippen molar-refractivity contribution in [3.63, 3.8) is 0 Å². The van der Waals surface area contributed by atoms with E-state index in [-0.39, 0.29) is 11.4 Å². The number of benzene rings is 1. The molecule has 4 heterocycles. The van der Waals surface area contributed by atoms with Crippen molar-refractivity contribution in [3.8, 4) is 28.4 Å². The van der Waals surface area contributed by atoms with Crippen LogP contribution in [0.4, 0.5) is 13.2 Å². The normalized spacial score (nSPS) is 11.8. The van der Waals surface area contributed by atoms with Crippen molar-refractivity contribution < 1.29 is 17.9 Å². The first kappa shape index (κ1) is 22.7. The minimum Gasteiger partial charge on any atom is -0.495 e. The van der Waals surface area contributed by atoms with Gasteiger partial charge in [-0.2, -0.15) is 13.2 Å². The van der Waals surface area contributed by atoms with Gasteiger partial charge in [0.05, 0.1) is 36.4 Å². The summed E-state index contributed by atoms with van der Waals surface area (Å²) < 4.78 is 47.1. The molecule has 0 amide bonds. The summed E-state index contributed by atoms with van der Waals surface area (Å²) in [5.41, 5.74) is 0.919. The van der Waals surface area contributed by atoms with Gasteiger partial charge < -0.3 is 9.72 Å². The Labute approximate surface area is 200 Å². The summed E-state index contributed by atoms with van der Waals surface area (Å²) in [6.07, 6.45) is -0.715. The number of alkyl halides is 3. The molecule has 0 radical (unpaired) electrons. The Morgan fingerprint density at radius 2 is 1.89 bits per heavy atom. The van der Waals surface area contributed by atoms with Crippen molar-refractivity contribution >= 4 is 22.5 Å². The number of halogens is 4. The molecule has 0 fully saturated rings. The highest BCUT2D eigenvalue weighted by atomic mass is 35.5. The summed E-state index contributed by atoms with van der Waals surface area (Å²) in [5.74, 6) is 0.793. The van der Waals surface area contributed by atoms with Crippen molar-refractivity contribution in [1.29, 1.82) is 0 Å². The van der Waals surface area contributed by atoms with Gasteiger partial charge in [0.25, 0.3) is 5.56 Å². The highest BCUT2D eigenvalue weighted by molar-refractivity contribution is 6.31. The second-order valence-electron chi connectivity index (χ2n) is 7.69. The fourth-order valence-corrected chi connectivity index (χ4v) is 3.99. The number of fused-ring (bicyclic) bond motifs is 1. The Bertz CT molecular complexity index is 1640. The lowest BCUT2D eigenvalue weighted by atomic mass is 10.0. The molecule has 4 aromatic heterocycles. The van der Waals surface area contributed by atoms with Gasteiger partial charge in [-0.25, -0.2) is 4.68 Å². The van der Waals surface area contributed by atoms with Crippen LogP contribution in [0.5, 0.6) is 5.75 Å². The van der Waals surface area contributed by atoms with Crippen LogP contribution in [0.2, 0.25) is 5.02 Å². The zero-order valence-electron chi connectivity index (χ0n) is 18.3. The molecule has 0 saturated carbocycles. The van der Waals surface area contributed by atoms with Crippen LogP contribution in [0, 0.1) is 6.92 Å². The molecule has 8 nitrogen and oxygen atoms in total. The molecule has 0 saturated heterocycles. The van der Waals surface area contributed by atoms with Gasteiger partial charge in [-0.3, -0.25) is 14.3 Å². The first-order valence-electron chi connectivity index (χ1n) is 10.2. The lowest BCUT2D eigenvalue weighted by Crippen LogP contribution is -2.18. The zero-order chi connectivity index (χ0) is 24.9. The van der Waals surface area contributed by atoms with Gasteiger partial charge in [0.1, 0.15) is 11.6 Å². The highest BCUT2D eigenvalue weighted by Gasteiger charge is 2.34. The molecule has 178 valence electrons. The van der Waals surface area contributed by atoms with E-state index in [0.717, 1.165) is 27.5 Å². The van der Waals surface area contributed by atoms with E-state index in [1.54, 1.807) is 6.20 Å². The summed E-state index contributed by atoms with van der Waals surface area (Å²) in [7, 11) is 1.42. The zero-order valence-corrected chi connectivity index (χ0v) is 19.0. The quantitative estimate of drug-likeness (QED) is 0.377. The summed E-state index contributed by atoms with van der Waals surface area (Å²) in [6, 6.07) is 9.47. The number of ether oxygens (including phenoxy) is 1. The van der Waals surface area contributed by atoms with E-state index in [9.17, 15) is 18.0 Å². The summed E-state index contributed by atoms with van der Waals surface area (Å²) in [5, 5.41) is 8.01. The first-order valence-corrected chi connectivity index (χ1v) is 10.6. The maximum Gasteiger partial charge on any atom is 0.436 e. The molecule has 0 spiro atoms. The van der Waals surface area contributed by atoms with Crippen LogP contribution >= 0.6 is 11.6 Å². The minimum absolute atomic E-state index is 0.236. The Kier molecular flexibility index (Phi) is 5.36. The van der Waals surface area contributed by atoms with Crippen LogP contribution in [0.1, 0.15) is 11.4 Å². The van der Waals surface area contributed by atoms with E-state index in [4.69, 9.17) is 16.3 Å². The molecular formula is C23H16ClF3N6O2. The van der Waals surface area contributed by atoms with Gasteiger partial charge in [0.2, 0.25) is 0 Å². The van der Waals surface area contributed by atoms with E-state index in [1.165, 1.54) is 42.1 Å². The molecule has 5 aromatic rings. The van der Waals surface area contributed by atoms with Gasteiger partial charge >= 0.3 is 6.18 Å². The van der Waals surface area contributed by atoms with Crippen molar-refractivity contribution in [3.05, 3.63) is 81.8 Å². The van der Waals surface area contributed by atoms with Gasteiger partial charge in [-0.1, -0.05) is 16.8 Å². The number of aromatic nitrogens is 6. The Balaban J connectivity index is 1.68. The average Bonchev–Trinajstić information content (AvgIpc) is 3.47. The van der Waals surface area contributed by atoms with Crippen molar-refractivity contribution in [2.45, 2.75) is 13.1 Å². The molecule has 0 bridgehead atoms. The second kappa shape index (κ2) is 8.27. The molecule has 0 aliphatic heterocycles. The number of aryl methyl sites for hydroxylation is 1. The van der Waals surface area contributed by atoms with Crippen LogP contribution in [-0.2, 0) is 6.18 Å². The summed E-state index contributed by atoms with van der Waals surface area (Å²) >= 11 is 6.19. The molecule has 0 atom stereocenters. The number of H-pyrrole nitrogens is 1.